The molecule has 3 unspecified atom stereocenters. The van der Waals surface area contributed by atoms with Gasteiger partial charge in [0.2, 0.25) is 0 Å². The summed E-state index contributed by atoms with van der Waals surface area (Å²) in [6.07, 6.45) is 54.6. The highest BCUT2D eigenvalue weighted by Gasteiger charge is 2.31. The van der Waals surface area contributed by atoms with Crippen molar-refractivity contribution >= 4 is 11.6 Å². The monoisotopic (exact) mass is 847 g/mol. The highest BCUT2D eigenvalue weighted by Crippen LogP contribution is 2.26. The zero-order chi connectivity index (χ0) is 43.8. The van der Waals surface area contributed by atoms with Crippen molar-refractivity contribution in [2.75, 3.05) is 13.2 Å². The lowest BCUT2D eigenvalue weighted by molar-refractivity contribution is -0.135. The standard InChI is InChI=1S/C55H106O5/c1-4-7-10-13-16-19-22-25-26-29-31-34-37-40-43-46-54(59)53(48-51(57)45-42-39-36-33-30-27-23-20-17-14-11-8-5-2)55(60-50-52(58)49-56)47-44-41-38-35-32-28-24-21-18-15-12-9-6-3/h25-26,52-53,55-56,58H,4-24,27-50H2,1-3H3. The Labute approximate surface area is 375 Å². The van der Waals surface area contributed by atoms with Crippen LogP contribution >= 0.6 is 0 Å². The zero-order valence-electron chi connectivity index (χ0n) is 40.8. The molecule has 2 N–H and O–H groups in total. The molecule has 0 radical (unpaired) electrons. The number of carbonyl (C=O) groups is 2. The Morgan fingerprint density at radius 2 is 0.783 bits per heavy atom. The summed E-state index contributed by atoms with van der Waals surface area (Å²) in [6, 6.07) is 0. The molecule has 0 aromatic carbocycles. The van der Waals surface area contributed by atoms with E-state index in [1.165, 1.54) is 199 Å². The SMILES string of the molecule is CCCCCCCCC=CCCCCCCCC(=O)C(CC(=O)CCCCCCCCCCCCCCC)C(CCCCCCCCCCCCCCC)OCC(O)CO. The summed E-state index contributed by atoms with van der Waals surface area (Å²) in [5.41, 5.74) is 0. The summed E-state index contributed by atoms with van der Waals surface area (Å²) in [4.78, 5) is 27.4. The van der Waals surface area contributed by atoms with Crippen LogP contribution in [0.4, 0.5) is 0 Å². The minimum absolute atomic E-state index is 0.00381. The van der Waals surface area contributed by atoms with Crippen molar-refractivity contribution in [3.05, 3.63) is 12.2 Å². The van der Waals surface area contributed by atoms with Gasteiger partial charge in [0.1, 0.15) is 17.7 Å². The predicted molar refractivity (Wildman–Crippen MR) is 261 cm³/mol. The largest absolute Gasteiger partial charge is 0.394 e. The first-order chi connectivity index (χ1) is 29.5. The second-order valence-corrected chi connectivity index (χ2v) is 18.9. The van der Waals surface area contributed by atoms with Crippen molar-refractivity contribution in [1.29, 1.82) is 0 Å². The van der Waals surface area contributed by atoms with Crippen LogP contribution < -0.4 is 0 Å². The van der Waals surface area contributed by atoms with Gasteiger partial charge in [0.25, 0.3) is 0 Å². The maximum Gasteiger partial charge on any atom is 0.139 e. The smallest absolute Gasteiger partial charge is 0.139 e. The van der Waals surface area contributed by atoms with Crippen LogP contribution in [-0.4, -0.2) is 47.2 Å². The Morgan fingerprint density at radius 3 is 1.17 bits per heavy atom. The average Bonchev–Trinajstić information content (AvgIpc) is 3.25. The minimum atomic E-state index is -0.971. The van der Waals surface area contributed by atoms with Crippen molar-refractivity contribution < 1.29 is 24.5 Å². The van der Waals surface area contributed by atoms with Crippen LogP contribution in [0.25, 0.3) is 0 Å². The first-order valence-corrected chi connectivity index (χ1v) is 27.1. The molecular weight excluding hydrogens is 741 g/mol. The van der Waals surface area contributed by atoms with Crippen molar-refractivity contribution in [2.24, 2.45) is 5.92 Å². The number of ketones is 2. The molecule has 0 amide bonds. The van der Waals surface area contributed by atoms with E-state index < -0.39 is 12.0 Å². The van der Waals surface area contributed by atoms with Crippen LogP contribution in [0.15, 0.2) is 12.2 Å². The minimum Gasteiger partial charge on any atom is -0.394 e. The Hall–Kier alpha value is -1.04. The number of rotatable bonds is 51. The second kappa shape index (κ2) is 49.0. The van der Waals surface area contributed by atoms with E-state index in [1.807, 2.05) is 0 Å². The van der Waals surface area contributed by atoms with Gasteiger partial charge in [-0.1, -0.05) is 245 Å². The quantitative estimate of drug-likeness (QED) is 0.0471. The number of hydrogen-bond donors (Lipinski definition) is 2. The number of carbonyl (C=O) groups excluding carboxylic acids is 2. The Morgan fingerprint density at radius 1 is 0.450 bits per heavy atom. The summed E-state index contributed by atoms with van der Waals surface area (Å²) in [7, 11) is 0. The van der Waals surface area contributed by atoms with Gasteiger partial charge < -0.3 is 14.9 Å². The highest BCUT2D eigenvalue weighted by molar-refractivity contribution is 5.88. The molecule has 0 aliphatic carbocycles. The van der Waals surface area contributed by atoms with Crippen molar-refractivity contribution in [2.45, 2.75) is 309 Å². The number of aliphatic hydroxyl groups excluding tert-OH is 2. The highest BCUT2D eigenvalue weighted by atomic mass is 16.5. The summed E-state index contributed by atoms with van der Waals surface area (Å²) in [5.74, 6) is -0.119. The molecule has 0 aromatic rings. The van der Waals surface area contributed by atoms with E-state index in [0.29, 0.717) is 12.8 Å². The van der Waals surface area contributed by atoms with Crippen LogP contribution in [-0.2, 0) is 14.3 Å². The Kier molecular flexibility index (Phi) is 48.1. The maximum absolute atomic E-state index is 13.9. The van der Waals surface area contributed by atoms with Crippen molar-refractivity contribution in [3.63, 3.8) is 0 Å². The van der Waals surface area contributed by atoms with Gasteiger partial charge in [-0.05, 0) is 44.9 Å². The Balaban J connectivity index is 4.89. The molecule has 0 aliphatic heterocycles. The zero-order valence-corrected chi connectivity index (χ0v) is 40.8. The van der Waals surface area contributed by atoms with Crippen LogP contribution in [0.1, 0.15) is 297 Å². The number of aliphatic hydroxyl groups is 2. The molecule has 0 fully saturated rings. The van der Waals surface area contributed by atoms with Gasteiger partial charge in [-0.3, -0.25) is 9.59 Å². The fourth-order valence-electron chi connectivity index (χ4n) is 8.75. The normalized spacial score (nSPS) is 13.3. The lowest BCUT2D eigenvalue weighted by Crippen LogP contribution is -2.35. The van der Waals surface area contributed by atoms with Crippen molar-refractivity contribution in [3.8, 4) is 0 Å². The predicted octanol–water partition coefficient (Wildman–Crippen LogP) is 16.9. The fourth-order valence-corrected chi connectivity index (χ4v) is 8.75. The molecule has 0 aliphatic rings. The molecular formula is C55H106O5. The molecule has 5 heteroatoms. The lowest BCUT2D eigenvalue weighted by atomic mass is 9.85. The number of allylic oxidation sites excluding steroid dienone is 2. The van der Waals surface area contributed by atoms with Crippen LogP contribution in [0, 0.1) is 5.92 Å². The molecule has 0 bridgehead atoms. The van der Waals surface area contributed by atoms with E-state index in [1.54, 1.807) is 0 Å². The van der Waals surface area contributed by atoms with E-state index in [-0.39, 0.29) is 37.3 Å². The summed E-state index contributed by atoms with van der Waals surface area (Å²) in [5, 5.41) is 19.7. The van der Waals surface area contributed by atoms with Gasteiger partial charge in [-0.15, -0.1) is 0 Å². The molecule has 60 heavy (non-hydrogen) atoms. The van der Waals surface area contributed by atoms with E-state index in [0.717, 1.165) is 57.8 Å². The van der Waals surface area contributed by atoms with Gasteiger partial charge in [0.15, 0.2) is 0 Å². The van der Waals surface area contributed by atoms with E-state index in [2.05, 4.69) is 32.9 Å². The summed E-state index contributed by atoms with van der Waals surface area (Å²) >= 11 is 0. The lowest BCUT2D eigenvalue weighted by Gasteiger charge is -2.27. The van der Waals surface area contributed by atoms with Gasteiger partial charge in [-0.25, -0.2) is 0 Å². The van der Waals surface area contributed by atoms with E-state index >= 15 is 0 Å². The third-order valence-corrected chi connectivity index (χ3v) is 12.9. The summed E-state index contributed by atoms with van der Waals surface area (Å²) < 4.78 is 6.25. The Bertz CT molecular complexity index is 901. The van der Waals surface area contributed by atoms with Crippen LogP contribution in [0.3, 0.4) is 0 Å². The van der Waals surface area contributed by atoms with Crippen molar-refractivity contribution in [1.82, 2.24) is 0 Å². The molecule has 0 heterocycles. The topological polar surface area (TPSA) is 83.8 Å². The van der Waals surface area contributed by atoms with Gasteiger partial charge in [-0.2, -0.15) is 0 Å². The van der Waals surface area contributed by atoms with Gasteiger partial charge >= 0.3 is 0 Å². The fraction of sp³-hybridized carbons (Fsp3) is 0.927. The third kappa shape index (κ3) is 42.3. The molecule has 0 saturated heterocycles. The molecule has 356 valence electrons. The number of Topliss-reactive ketones (excluding diaryl/α,β-unsaturated/α-hetero) is 2. The van der Waals surface area contributed by atoms with E-state index in [9.17, 15) is 19.8 Å². The van der Waals surface area contributed by atoms with E-state index in [4.69, 9.17) is 4.74 Å². The third-order valence-electron chi connectivity index (χ3n) is 12.9. The number of unbranched alkanes of at least 4 members (excludes halogenated alkanes) is 35. The number of hydrogen-bond acceptors (Lipinski definition) is 5. The number of ether oxygens (including phenoxy) is 1. The molecule has 0 spiro atoms. The summed E-state index contributed by atoms with van der Waals surface area (Å²) in [6.45, 7) is 6.46. The first kappa shape index (κ1) is 59.0. The molecule has 0 rings (SSSR count). The van der Waals surface area contributed by atoms with Gasteiger partial charge in [0, 0.05) is 19.3 Å². The molecule has 0 aromatic heterocycles. The van der Waals surface area contributed by atoms with Crippen LogP contribution in [0.5, 0.6) is 0 Å². The van der Waals surface area contributed by atoms with Gasteiger partial charge in [0.05, 0.1) is 25.2 Å². The second-order valence-electron chi connectivity index (χ2n) is 18.9. The average molecular weight is 847 g/mol. The maximum atomic E-state index is 13.9. The first-order valence-electron chi connectivity index (χ1n) is 27.1. The van der Waals surface area contributed by atoms with Crippen LogP contribution in [0.2, 0.25) is 0 Å². The molecule has 3 atom stereocenters. The molecule has 0 saturated carbocycles. The molecule has 5 nitrogen and oxygen atoms in total.